The molecule has 2 rings (SSSR count). The zero-order valence-electron chi connectivity index (χ0n) is 10.8. The van der Waals surface area contributed by atoms with Gasteiger partial charge in [-0.1, -0.05) is 30.1 Å². The van der Waals surface area contributed by atoms with Crippen LogP contribution in [-0.4, -0.2) is 19.8 Å². The molecule has 0 amide bonds. The maximum atomic E-state index is 5.78. The van der Waals surface area contributed by atoms with E-state index >= 15 is 0 Å². The van der Waals surface area contributed by atoms with Crippen molar-refractivity contribution in [2.75, 3.05) is 19.8 Å². The summed E-state index contributed by atoms with van der Waals surface area (Å²) in [6.45, 7) is 4.07. The van der Waals surface area contributed by atoms with Crippen LogP contribution in [0.1, 0.15) is 24.9 Å². The lowest BCUT2D eigenvalue weighted by molar-refractivity contribution is 0.309. The van der Waals surface area contributed by atoms with Gasteiger partial charge in [0.25, 0.3) is 0 Å². The number of ether oxygens (including phenoxy) is 2. The van der Waals surface area contributed by atoms with E-state index in [0.717, 1.165) is 24.5 Å². The summed E-state index contributed by atoms with van der Waals surface area (Å²) in [6, 6.07) is 6.12. The molecule has 1 unspecified atom stereocenters. The van der Waals surface area contributed by atoms with Crippen molar-refractivity contribution in [3.63, 3.8) is 0 Å². The standard InChI is InChI=1S/C14H17Cl2NO2/c1-2-5-17-13-9-19-14-6-11(3-4-12(13)14)18-8-10(16)7-15/h3-4,6-7,13,17H,2,5,8-9H2,1H3. The highest BCUT2D eigenvalue weighted by molar-refractivity contribution is 6.36. The topological polar surface area (TPSA) is 30.5 Å². The minimum atomic E-state index is 0.265. The molecule has 1 heterocycles. The fourth-order valence-electron chi connectivity index (χ4n) is 1.95. The summed E-state index contributed by atoms with van der Waals surface area (Å²) < 4.78 is 11.2. The van der Waals surface area contributed by atoms with Crippen LogP contribution in [-0.2, 0) is 0 Å². The highest BCUT2D eigenvalue weighted by Gasteiger charge is 2.23. The van der Waals surface area contributed by atoms with Gasteiger partial charge >= 0.3 is 0 Å². The van der Waals surface area contributed by atoms with E-state index < -0.39 is 0 Å². The van der Waals surface area contributed by atoms with E-state index in [9.17, 15) is 0 Å². The summed E-state index contributed by atoms with van der Waals surface area (Å²) in [6.07, 6.45) is 1.11. The molecular formula is C14H17Cl2NO2. The van der Waals surface area contributed by atoms with Crippen LogP contribution in [0.5, 0.6) is 11.5 Å². The van der Waals surface area contributed by atoms with Crippen molar-refractivity contribution in [2.45, 2.75) is 19.4 Å². The molecule has 0 spiro atoms. The van der Waals surface area contributed by atoms with Crippen molar-refractivity contribution in [1.29, 1.82) is 0 Å². The molecule has 1 aromatic rings. The number of hydrogen-bond donors (Lipinski definition) is 1. The van der Waals surface area contributed by atoms with E-state index in [1.807, 2.05) is 18.2 Å². The van der Waals surface area contributed by atoms with Gasteiger partial charge in [0, 0.05) is 17.2 Å². The molecule has 19 heavy (non-hydrogen) atoms. The number of fused-ring (bicyclic) bond motifs is 1. The Morgan fingerprint density at radius 2 is 2.42 bits per heavy atom. The monoisotopic (exact) mass is 301 g/mol. The predicted octanol–water partition coefficient (Wildman–Crippen LogP) is 3.82. The SMILES string of the molecule is CCCNC1COc2cc(OCC(Cl)=CCl)ccc21. The Labute approximate surface area is 123 Å². The summed E-state index contributed by atoms with van der Waals surface area (Å²) in [5.41, 5.74) is 2.48. The Hall–Kier alpha value is -0.900. The zero-order valence-corrected chi connectivity index (χ0v) is 12.3. The van der Waals surface area contributed by atoms with Gasteiger partial charge in [-0.2, -0.15) is 0 Å². The van der Waals surface area contributed by atoms with E-state index in [-0.39, 0.29) is 12.6 Å². The third kappa shape index (κ3) is 3.78. The fourth-order valence-corrected chi connectivity index (χ4v) is 2.07. The van der Waals surface area contributed by atoms with Crippen LogP contribution in [0.15, 0.2) is 28.8 Å². The smallest absolute Gasteiger partial charge is 0.128 e. The van der Waals surface area contributed by atoms with Gasteiger partial charge in [-0.05, 0) is 25.1 Å². The maximum absolute atomic E-state index is 5.78. The van der Waals surface area contributed by atoms with Crippen molar-refractivity contribution < 1.29 is 9.47 Å². The molecule has 1 aromatic carbocycles. The lowest BCUT2D eigenvalue weighted by atomic mass is 10.1. The lowest BCUT2D eigenvalue weighted by Crippen LogP contribution is -2.22. The third-order valence-electron chi connectivity index (χ3n) is 2.90. The summed E-state index contributed by atoms with van der Waals surface area (Å²) in [5, 5.41) is 3.92. The fraction of sp³-hybridized carbons (Fsp3) is 0.429. The van der Waals surface area contributed by atoms with E-state index in [1.54, 1.807) is 0 Å². The largest absolute Gasteiger partial charge is 0.491 e. The molecule has 5 heteroatoms. The molecule has 1 aliphatic heterocycles. The highest BCUT2D eigenvalue weighted by Crippen LogP contribution is 2.35. The summed E-state index contributed by atoms with van der Waals surface area (Å²) >= 11 is 11.2. The minimum Gasteiger partial charge on any atom is -0.491 e. The van der Waals surface area contributed by atoms with E-state index in [4.69, 9.17) is 32.7 Å². The molecular weight excluding hydrogens is 285 g/mol. The third-order valence-corrected chi connectivity index (χ3v) is 3.50. The van der Waals surface area contributed by atoms with Crippen molar-refractivity contribution >= 4 is 23.2 Å². The summed E-state index contributed by atoms with van der Waals surface area (Å²) in [7, 11) is 0. The van der Waals surface area contributed by atoms with E-state index in [1.165, 1.54) is 11.1 Å². The van der Waals surface area contributed by atoms with Crippen LogP contribution in [0.2, 0.25) is 0 Å². The second-order valence-electron chi connectivity index (χ2n) is 4.36. The summed E-state index contributed by atoms with van der Waals surface area (Å²) in [4.78, 5) is 0. The maximum Gasteiger partial charge on any atom is 0.128 e. The number of nitrogens with one attached hydrogen (secondary N) is 1. The molecule has 0 saturated heterocycles. The molecule has 0 radical (unpaired) electrons. The molecule has 0 bridgehead atoms. The first-order valence-corrected chi connectivity index (χ1v) is 7.13. The van der Waals surface area contributed by atoms with E-state index in [0.29, 0.717) is 11.6 Å². The average molecular weight is 302 g/mol. The molecule has 0 fully saturated rings. The van der Waals surface area contributed by atoms with Gasteiger partial charge in [0.15, 0.2) is 0 Å². The van der Waals surface area contributed by atoms with Crippen molar-refractivity contribution in [3.8, 4) is 11.5 Å². The second kappa shape index (κ2) is 7.04. The highest BCUT2D eigenvalue weighted by atomic mass is 35.5. The average Bonchev–Trinajstić information content (AvgIpc) is 2.84. The lowest BCUT2D eigenvalue weighted by Gasteiger charge is -2.10. The van der Waals surface area contributed by atoms with E-state index in [2.05, 4.69) is 12.2 Å². The predicted molar refractivity (Wildman–Crippen MR) is 78.3 cm³/mol. The van der Waals surface area contributed by atoms with Gasteiger partial charge in [-0.25, -0.2) is 0 Å². The number of benzene rings is 1. The molecule has 1 N–H and O–H groups in total. The van der Waals surface area contributed by atoms with Crippen LogP contribution in [0.25, 0.3) is 0 Å². The van der Waals surface area contributed by atoms with Gasteiger partial charge < -0.3 is 14.8 Å². The Morgan fingerprint density at radius 3 is 3.16 bits per heavy atom. The summed E-state index contributed by atoms with van der Waals surface area (Å²) in [5.74, 6) is 1.60. The quantitative estimate of drug-likeness (QED) is 0.866. The van der Waals surface area contributed by atoms with Gasteiger partial charge in [0.2, 0.25) is 0 Å². The van der Waals surface area contributed by atoms with Gasteiger partial charge in [-0.3, -0.25) is 0 Å². The van der Waals surface area contributed by atoms with Crippen molar-refractivity contribution in [2.24, 2.45) is 0 Å². The van der Waals surface area contributed by atoms with Crippen LogP contribution in [0, 0.1) is 0 Å². The molecule has 0 aromatic heterocycles. The first-order valence-electron chi connectivity index (χ1n) is 6.32. The first-order chi connectivity index (χ1) is 9.24. The molecule has 1 atom stereocenters. The Balaban J connectivity index is 2.01. The van der Waals surface area contributed by atoms with Crippen LogP contribution in [0.3, 0.4) is 0 Å². The molecule has 104 valence electrons. The van der Waals surface area contributed by atoms with Crippen LogP contribution >= 0.6 is 23.2 Å². The van der Waals surface area contributed by atoms with Gasteiger partial charge in [-0.15, -0.1) is 0 Å². The minimum absolute atomic E-state index is 0.265. The molecule has 1 aliphatic rings. The van der Waals surface area contributed by atoms with Crippen molar-refractivity contribution in [3.05, 3.63) is 34.3 Å². The number of hydrogen-bond acceptors (Lipinski definition) is 3. The molecule has 0 aliphatic carbocycles. The second-order valence-corrected chi connectivity index (χ2v) is 5.07. The zero-order chi connectivity index (χ0) is 13.7. The van der Waals surface area contributed by atoms with Crippen molar-refractivity contribution in [1.82, 2.24) is 5.32 Å². The normalized spacial score (nSPS) is 18.1. The molecule has 3 nitrogen and oxygen atoms in total. The molecule has 0 saturated carbocycles. The Kier molecular flexibility index (Phi) is 5.37. The number of halogens is 2. The first kappa shape index (κ1) is 14.5. The van der Waals surface area contributed by atoms with Gasteiger partial charge in [0.1, 0.15) is 24.7 Å². The Morgan fingerprint density at radius 1 is 1.58 bits per heavy atom. The van der Waals surface area contributed by atoms with Crippen LogP contribution < -0.4 is 14.8 Å². The van der Waals surface area contributed by atoms with Crippen LogP contribution in [0.4, 0.5) is 0 Å². The Bertz CT molecular complexity index is 463. The number of rotatable bonds is 6. The van der Waals surface area contributed by atoms with Gasteiger partial charge in [0.05, 0.1) is 11.1 Å².